The van der Waals surface area contributed by atoms with Gasteiger partial charge in [0, 0.05) is 16.5 Å². The number of allylic oxidation sites excluding steroid dienone is 1. The Hall–Kier alpha value is -3.10. The van der Waals surface area contributed by atoms with Gasteiger partial charge in [-0.2, -0.15) is 5.26 Å². The van der Waals surface area contributed by atoms with Crippen molar-refractivity contribution in [1.82, 2.24) is 4.98 Å². The van der Waals surface area contributed by atoms with Crippen LogP contribution >= 0.6 is 11.3 Å². The van der Waals surface area contributed by atoms with Gasteiger partial charge in [-0.1, -0.05) is 18.2 Å². The molecule has 0 aliphatic rings. The van der Waals surface area contributed by atoms with Crippen molar-refractivity contribution >= 4 is 23.0 Å². The summed E-state index contributed by atoms with van der Waals surface area (Å²) < 4.78 is 10.8. The zero-order valence-electron chi connectivity index (χ0n) is 14.6. The third kappa shape index (κ3) is 3.93. The first kappa shape index (κ1) is 17.7. The van der Waals surface area contributed by atoms with Gasteiger partial charge in [0.15, 0.2) is 0 Å². The van der Waals surface area contributed by atoms with Crippen LogP contribution in [-0.4, -0.2) is 18.7 Å². The Morgan fingerprint density at radius 3 is 2.65 bits per heavy atom. The lowest BCUT2D eigenvalue weighted by Gasteiger charge is -2.06. The van der Waals surface area contributed by atoms with E-state index in [0.717, 1.165) is 28.3 Å². The molecular weight excluding hydrogens is 344 g/mol. The van der Waals surface area contributed by atoms with Gasteiger partial charge >= 0.3 is 0 Å². The number of ether oxygens (including phenoxy) is 2. The fraction of sp³-hybridized carbons (Fsp3) is 0.143. The molecule has 0 amide bonds. The summed E-state index contributed by atoms with van der Waals surface area (Å²) in [6.07, 6.45) is 1.82. The minimum absolute atomic E-state index is 0.516. The summed E-state index contributed by atoms with van der Waals surface area (Å²) in [5.74, 6) is 1.56. The van der Waals surface area contributed by atoms with E-state index in [4.69, 9.17) is 9.47 Å². The van der Waals surface area contributed by atoms with Gasteiger partial charge in [-0.3, -0.25) is 0 Å². The van der Waals surface area contributed by atoms with E-state index in [9.17, 15) is 5.26 Å². The van der Waals surface area contributed by atoms with Gasteiger partial charge in [-0.25, -0.2) is 4.98 Å². The lowest BCUT2D eigenvalue weighted by molar-refractivity contribution is 0.339. The molecule has 0 N–H and O–H groups in total. The van der Waals surface area contributed by atoms with E-state index in [1.165, 1.54) is 11.3 Å². The lowest BCUT2D eigenvalue weighted by Crippen LogP contribution is -1.93. The van der Waals surface area contributed by atoms with Crippen LogP contribution in [0.15, 0.2) is 53.9 Å². The predicted molar refractivity (Wildman–Crippen MR) is 105 cm³/mol. The van der Waals surface area contributed by atoms with Crippen LogP contribution in [0.4, 0.5) is 0 Å². The summed E-state index contributed by atoms with van der Waals surface area (Å²) in [5, 5.41) is 12.2. The quantitative estimate of drug-likeness (QED) is 0.560. The monoisotopic (exact) mass is 362 g/mol. The van der Waals surface area contributed by atoms with Gasteiger partial charge in [-0.05, 0) is 43.3 Å². The molecule has 0 aliphatic heterocycles. The molecule has 5 heteroatoms. The first-order chi connectivity index (χ1) is 12.7. The van der Waals surface area contributed by atoms with Crippen molar-refractivity contribution in [3.63, 3.8) is 0 Å². The maximum atomic E-state index is 9.60. The number of para-hydroxylation sites is 1. The number of methoxy groups -OCH3 is 1. The van der Waals surface area contributed by atoms with Crippen molar-refractivity contribution in [3.8, 4) is 28.8 Å². The molecule has 4 nitrogen and oxygen atoms in total. The number of benzene rings is 2. The summed E-state index contributed by atoms with van der Waals surface area (Å²) in [6, 6.07) is 17.6. The summed E-state index contributed by atoms with van der Waals surface area (Å²) in [5.41, 5.74) is 3.21. The zero-order valence-corrected chi connectivity index (χ0v) is 15.4. The van der Waals surface area contributed by atoms with Crippen LogP contribution in [-0.2, 0) is 0 Å². The molecule has 0 spiro atoms. The summed E-state index contributed by atoms with van der Waals surface area (Å²) >= 11 is 1.45. The number of rotatable bonds is 6. The third-order valence-electron chi connectivity index (χ3n) is 3.76. The Bertz CT molecular complexity index is 953. The average Bonchev–Trinajstić information content (AvgIpc) is 3.17. The van der Waals surface area contributed by atoms with Crippen molar-refractivity contribution in [2.45, 2.75) is 6.92 Å². The second-order valence-corrected chi connectivity index (χ2v) is 6.27. The Morgan fingerprint density at radius 2 is 1.96 bits per heavy atom. The molecule has 26 heavy (non-hydrogen) atoms. The molecule has 0 unspecified atom stereocenters. The number of nitrogens with zero attached hydrogens (tertiary/aromatic N) is 2. The number of nitriles is 1. The van der Waals surface area contributed by atoms with Gasteiger partial charge in [0.25, 0.3) is 0 Å². The van der Waals surface area contributed by atoms with Crippen molar-refractivity contribution in [2.24, 2.45) is 0 Å². The maximum absolute atomic E-state index is 9.60. The van der Waals surface area contributed by atoms with Gasteiger partial charge in [0.05, 0.1) is 25.0 Å². The molecule has 0 radical (unpaired) electrons. The lowest BCUT2D eigenvalue weighted by atomic mass is 10.1. The Kier molecular flexibility index (Phi) is 5.67. The maximum Gasteiger partial charge on any atom is 0.134 e. The van der Waals surface area contributed by atoms with Crippen LogP contribution in [0.1, 0.15) is 17.5 Å². The van der Waals surface area contributed by atoms with Gasteiger partial charge in [0.1, 0.15) is 22.6 Å². The fourth-order valence-corrected chi connectivity index (χ4v) is 3.27. The van der Waals surface area contributed by atoms with Gasteiger partial charge < -0.3 is 9.47 Å². The SMILES string of the molecule is CCOc1ccccc1C=C(C#N)c1nc(-c2ccc(OC)cc2)cs1. The fourth-order valence-electron chi connectivity index (χ4n) is 2.48. The van der Waals surface area contributed by atoms with Crippen molar-refractivity contribution in [3.05, 3.63) is 64.5 Å². The topological polar surface area (TPSA) is 55.1 Å². The van der Waals surface area contributed by atoms with Gasteiger partial charge in [-0.15, -0.1) is 11.3 Å². The van der Waals surface area contributed by atoms with E-state index in [-0.39, 0.29) is 0 Å². The highest BCUT2D eigenvalue weighted by atomic mass is 32.1. The second-order valence-electron chi connectivity index (χ2n) is 5.41. The van der Waals surface area contributed by atoms with Crippen LogP contribution in [0.2, 0.25) is 0 Å². The Morgan fingerprint density at radius 1 is 1.19 bits per heavy atom. The van der Waals surface area contributed by atoms with E-state index in [1.54, 1.807) is 7.11 Å². The molecule has 1 aromatic heterocycles. The zero-order chi connectivity index (χ0) is 18.4. The van der Waals surface area contributed by atoms with Crippen molar-refractivity contribution in [1.29, 1.82) is 5.26 Å². The molecule has 0 fully saturated rings. The smallest absolute Gasteiger partial charge is 0.134 e. The molecule has 0 bridgehead atoms. The Labute approximate surface area is 157 Å². The molecular formula is C21H18N2O2S. The predicted octanol–water partition coefficient (Wildman–Crippen LogP) is 5.28. The van der Waals surface area contributed by atoms with Crippen LogP contribution in [0, 0.1) is 11.3 Å². The van der Waals surface area contributed by atoms with E-state index < -0.39 is 0 Å². The molecule has 2 aromatic carbocycles. The molecule has 0 aliphatic carbocycles. The highest BCUT2D eigenvalue weighted by Crippen LogP contribution is 2.30. The minimum atomic E-state index is 0.516. The molecule has 3 rings (SSSR count). The van der Waals surface area contributed by atoms with E-state index in [1.807, 2.05) is 66.9 Å². The van der Waals surface area contributed by atoms with Gasteiger partial charge in [0.2, 0.25) is 0 Å². The molecule has 3 aromatic rings. The largest absolute Gasteiger partial charge is 0.497 e. The molecule has 0 saturated heterocycles. The van der Waals surface area contributed by atoms with Crippen LogP contribution in [0.5, 0.6) is 11.5 Å². The van der Waals surface area contributed by atoms with E-state index >= 15 is 0 Å². The minimum Gasteiger partial charge on any atom is -0.497 e. The van der Waals surface area contributed by atoms with Crippen LogP contribution in [0.25, 0.3) is 22.9 Å². The highest BCUT2D eigenvalue weighted by molar-refractivity contribution is 7.11. The number of aromatic nitrogens is 1. The normalized spacial score (nSPS) is 11.0. The van der Waals surface area contributed by atoms with E-state index in [2.05, 4.69) is 11.1 Å². The summed E-state index contributed by atoms with van der Waals surface area (Å²) in [7, 11) is 1.64. The van der Waals surface area contributed by atoms with Crippen molar-refractivity contribution in [2.75, 3.05) is 13.7 Å². The molecule has 0 saturated carbocycles. The number of thiazole rings is 1. The average molecular weight is 362 g/mol. The number of hydrogen-bond donors (Lipinski definition) is 0. The summed E-state index contributed by atoms with van der Waals surface area (Å²) in [6.45, 7) is 2.51. The summed E-state index contributed by atoms with van der Waals surface area (Å²) in [4.78, 5) is 4.63. The van der Waals surface area contributed by atoms with E-state index in [0.29, 0.717) is 17.2 Å². The van der Waals surface area contributed by atoms with Crippen molar-refractivity contribution < 1.29 is 9.47 Å². The van der Waals surface area contributed by atoms with Crippen LogP contribution < -0.4 is 9.47 Å². The first-order valence-corrected chi connectivity index (χ1v) is 9.07. The Balaban J connectivity index is 1.92. The highest BCUT2D eigenvalue weighted by Gasteiger charge is 2.10. The first-order valence-electron chi connectivity index (χ1n) is 8.19. The standard InChI is InChI=1S/C21H18N2O2S/c1-3-25-20-7-5-4-6-16(20)12-17(13-22)21-23-19(14-26-21)15-8-10-18(24-2)11-9-15/h4-12,14H,3H2,1-2H3. The second kappa shape index (κ2) is 8.32. The molecule has 1 heterocycles. The van der Waals surface area contributed by atoms with Crippen LogP contribution in [0.3, 0.4) is 0 Å². The molecule has 0 atom stereocenters. The number of hydrogen-bond acceptors (Lipinski definition) is 5. The third-order valence-corrected chi connectivity index (χ3v) is 4.64. The molecule has 130 valence electrons.